The highest BCUT2D eigenvalue weighted by Crippen LogP contribution is 2.54. The van der Waals surface area contributed by atoms with Gasteiger partial charge in [0.1, 0.15) is 0 Å². The summed E-state index contributed by atoms with van der Waals surface area (Å²) in [6, 6.07) is 0. The van der Waals surface area contributed by atoms with Crippen LogP contribution in [0.15, 0.2) is 35.8 Å². The molecular formula is C12H4Br8N2. The molecule has 2 nitrogen and oxygen atoms in total. The van der Waals surface area contributed by atoms with Crippen LogP contribution in [-0.4, -0.2) is 0 Å². The lowest BCUT2D eigenvalue weighted by Crippen LogP contribution is -1.98. The van der Waals surface area contributed by atoms with Crippen LogP contribution in [0.2, 0.25) is 0 Å². The maximum absolute atomic E-state index is 6.07. The summed E-state index contributed by atoms with van der Waals surface area (Å²) in [6.45, 7) is 0. The Balaban J connectivity index is 3.03. The van der Waals surface area contributed by atoms with Crippen LogP contribution in [0.3, 0.4) is 0 Å². The van der Waals surface area contributed by atoms with E-state index in [0.29, 0.717) is 11.4 Å². The predicted octanol–water partition coefficient (Wildman–Crippen LogP) is 8.62. The van der Waals surface area contributed by atoms with Gasteiger partial charge in [-0.25, -0.2) is 0 Å². The molecule has 0 radical (unpaired) electrons. The Morgan fingerprint density at radius 3 is 0.727 bits per heavy atom. The molecule has 10 heteroatoms. The maximum Gasteiger partial charge on any atom is 0.0626 e. The second kappa shape index (κ2) is 7.63. The average molecular weight is 815 g/mol. The zero-order valence-corrected chi connectivity index (χ0v) is 22.9. The fourth-order valence-corrected chi connectivity index (χ4v) is 6.83. The topological polar surface area (TPSA) is 52.0 Å². The third kappa shape index (κ3) is 3.29. The molecule has 22 heavy (non-hydrogen) atoms. The molecule has 0 aliphatic heterocycles. The number of rotatable bonds is 1. The van der Waals surface area contributed by atoms with Crippen molar-refractivity contribution in [3.63, 3.8) is 0 Å². The van der Waals surface area contributed by atoms with Gasteiger partial charge in [0.15, 0.2) is 0 Å². The molecule has 0 spiro atoms. The molecule has 0 unspecified atom stereocenters. The largest absolute Gasteiger partial charge is 0.397 e. The molecule has 0 aromatic heterocycles. The van der Waals surface area contributed by atoms with E-state index < -0.39 is 0 Å². The molecule has 0 aliphatic carbocycles. The van der Waals surface area contributed by atoms with E-state index in [4.69, 9.17) is 11.5 Å². The van der Waals surface area contributed by atoms with Gasteiger partial charge in [-0.2, -0.15) is 0 Å². The van der Waals surface area contributed by atoms with Crippen molar-refractivity contribution in [2.24, 2.45) is 0 Å². The van der Waals surface area contributed by atoms with E-state index >= 15 is 0 Å². The van der Waals surface area contributed by atoms with Gasteiger partial charge in [0.25, 0.3) is 0 Å². The van der Waals surface area contributed by atoms with Crippen molar-refractivity contribution in [2.45, 2.75) is 0 Å². The van der Waals surface area contributed by atoms with Crippen molar-refractivity contribution >= 4 is 139 Å². The lowest BCUT2D eigenvalue weighted by molar-refractivity contribution is 1.43. The normalized spacial score (nSPS) is 11.1. The van der Waals surface area contributed by atoms with Gasteiger partial charge in [0.2, 0.25) is 0 Å². The van der Waals surface area contributed by atoms with Gasteiger partial charge in [-0.1, -0.05) is 0 Å². The van der Waals surface area contributed by atoms with Crippen LogP contribution in [0.5, 0.6) is 0 Å². The molecule has 0 saturated heterocycles. The van der Waals surface area contributed by atoms with Gasteiger partial charge in [-0.05, 0) is 127 Å². The molecule has 2 rings (SSSR count). The summed E-state index contributed by atoms with van der Waals surface area (Å²) in [4.78, 5) is 0. The molecule has 0 bridgehead atoms. The van der Waals surface area contributed by atoms with Crippen molar-refractivity contribution in [2.75, 3.05) is 11.5 Å². The quantitative estimate of drug-likeness (QED) is 0.224. The number of benzene rings is 2. The van der Waals surface area contributed by atoms with Gasteiger partial charge in [-0.3, -0.25) is 0 Å². The Hall–Kier alpha value is 1.88. The Kier molecular flexibility index (Phi) is 7.01. The molecule has 0 saturated carbocycles. The molecule has 2 aromatic carbocycles. The van der Waals surface area contributed by atoms with E-state index in [1.807, 2.05) is 0 Å². The van der Waals surface area contributed by atoms with Gasteiger partial charge in [0, 0.05) is 29.0 Å². The summed E-state index contributed by atoms with van der Waals surface area (Å²) in [5, 5.41) is 0. The highest BCUT2D eigenvalue weighted by atomic mass is 79.9. The van der Waals surface area contributed by atoms with Gasteiger partial charge in [0.05, 0.1) is 29.3 Å². The van der Waals surface area contributed by atoms with E-state index in [1.54, 1.807) is 0 Å². The standard InChI is InChI=1S/C12H4Br8N2/c13-3-1(4(14)8(18)11(21)7(3)17)2-5(15)9(19)12(22)10(20)6(2)16/h21-22H2. The van der Waals surface area contributed by atoms with Crippen molar-refractivity contribution in [3.8, 4) is 11.1 Å². The van der Waals surface area contributed by atoms with Gasteiger partial charge >= 0.3 is 0 Å². The smallest absolute Gasteiger partial charge is 0.0626 e. The molecule has 0 fully saturated rings. The number of nitrogen functional groups attached to an aromatic ring is 2. The number of nitrogens with two attached hydrogens (primary N) is 2. The maximum atomic E-state index is 6.07. The first kappa shape index (κ1) is 20.2. The van der Waals surface area contributed by atoms with Crippen LogP contribution in [0.4, 0.5) is 11.4 Å². The third-order valence-corrected chi connectivity index (χ3v) is 11.4. The molecule has 0 amide bonds. The van der Waals surface area contributed by atoms with Crippen molar-refractivity contribution in [1.82, 2.24) is 0 Å². The molecular weight excluding hydrogens is 811 g/mol. The minimum atomic E-state index is 0.600. The summed E-state index contributed by atoms with van der Waals surface area (Å²) in [7, 11) is 0. The van der Waals surface area contributed by atoms with E-state index in [1.165, 1.54) is 0 Å². The summed E-state index contributed by atoms with van der Waals surface area (Å²) in [6.07, 6.45) is 0. The average Bonchev–Trinajstić information content (AvgIpc) is 2.50. The van der Waals surface area contributed by atoms with E-state index in [0.717, 1.165) is 46.9 Å². The van der Waals surface area contributed by atoms with Gasteiger partial charge < -0.3 is 11.5 Å². The lowest BCUT2D eigenvalue weighted by Gasteiger charge is -2.19. The van der Waals surface area contributed by atoms with Crippen molar-refractivity contribution in [3.05, 3.63) is 35.8 Å². The highest BCUT2D eigenvalue weighted by molar-refractivity contribution is 9.14. The predicted molar refractivity (Wildman–Crippen MR) is 122 cm³/mol. The molecule has 2 aromatic rings. The number of halogens is 8. The Bertz CT molecular complexity index is 677. The zero-order chi connectivity index (χ0) is 16.9. The van der Waals surface area contributed by atoms with Crippen molar-refractivity contribution in [1.29, 1.82) is 0 Å². The third-order valence-electron chi connectivity index (χ3n) is 2.84. The van der Waals surface area contributed by atoms with Crippen LogP contribution in [-0.2, 0) is 0 Å². The van der Waals surface area contributed by atoms with Crippen LogP contribution >= 0.6 is 127 Å². The van der Waals surface area contributed by atoms with Crippen LogP contribution in [0.1, 0.15) is 0 Å². The van der Waals surface area contributed by atoms with E-state index in [-0.39, 0.29) is 0 Å². The fourth-order valence-electron chi connectivity index (χ4n) is 1.74. The highest BCUT2D eigenvalue weighted by Gasteiger charge is 2.25. The number of hydrogen-bond donors (Lipinski definition) is 2. The SMILES string of the molecule is Nc1c(Br)c(Br)c(-c2c(Br)c(Br)c(N)c(Br)c2Br)c(Br)c1Br. The summed E-state index contributed by atoms with van der Waals surface area (Å²) < 4.78 is 6.35. The minimum absolute atomic E-state index is 0.600. The van der Waals surface area contributed by atoms with Crippen molar-refractivity contribution < 1.29 is 0 Å². The first-order valence-corrected chi connectivity index (χ1v) is 11.7. The van der Waals surface area contributed by atoms with Crippen LogP contribution in [0.25, 0.3) is 11.1 Å². The fraction of sp³-hybridized carbons (Fsp3) is 0. The Morgan fingerprint density at radius 2 is 0.545 bits per heavy atom. The van der Waals surface area contributed by atoms with Gasteiger partial charge in [-0.15, -0.1) is 0 Å². The Morgan fingerprint density at radius 1 is 0.364 bits per heavy atom. The van der Waals surface area contributed by atoms with Crippen LogP contribution < -0.4 is 11.5 Å². The molecule has 0 atom stereocenters. The van der Waals surface area contributed by atoms with E-state index in [2.05, 4.69) is 127 Å². The first-order chi connectivity index (χ1) is 10.1. The Labute approximate surface area is 194 Å². The number of anilines is 2. The molecule has 0 heterocycles. The second-order valence-corrected chi connectivity index (χ2v) is 10.4. The van der Waals surface area contributed by atoms with E-state index in [9.17, 15) is 0 Å². The second-order valence-electron chi connectivity index (χ2n) is 4.09. The lowest BCUT2D eigenvalue weighted by atomic mass is 10.0. The molecule has 0 aliphatic rings. The zero-order valence-electron chi connectivity index (χ0n) is 10.2. The minimum Gasteiger partial charge on any atom is -0.397 e. The first-order valence-electron chi connectivity index (χ1n) is 5.34. The number of hydrogen-bond acceptors (Lipinski definition) is 2. The summed E-state index contributed by atoms with van der Waals surface area (Å²) in [5.41, 5.74) is 15.2. The summed E-state index contributed by atoms with van der Waals surface area (Å²) in [5.74, 6) is 0. The summed E-state index contributed by atoms with van der Waals surface area (Å²) >= 11 is 28.5. The molecule has 118 valence electrons. The molecule has 4 N–H and O–H groups in total. The monoisotopic (exact) mass is 807 g/mol. The van der Waals surface area contributed by atoms with Crippen LogP contribution in [0, 0.1) is 0 Å².